The van der Waals surface area contributed by atoms with Gasteiger partial charge in [0.05, 0.1) is 18.9 Å². The van der Waals surface area contributed by atoms with Gasteiger partial charge in [0, 0.05) is 55.9 Å². The zero-order valence-corrected chi connectivity index (χ0v) is 18.0. The molecule has 160 valence electrons. The van der Waals surface area contributed by atoms with Gasteiger partial charge < -0.3 is 20.3 Å². The minimum absolute atomic E-state index is 0.0391. The number of likely N-dealkylation sites (tertiary alicyclic amines) is 1. The smallest absolute Gasteiger partial charge is 0.246 e. The van der Waals surface area contributed by atoms with Crippen LogP contribution in [0.15, 0.2) is 24.9 Å². The molecule has 0 bridgehead atoms. The number of amides is 1. The lowest BCUT2D eigenvalue weighted by Crippen LogP contribution is -2.36. The third-order valence-corrected chi connectivity index (χ3v) is 5.96. The molecule has 2 aromatic heterocycles. The van der Waals surface area contributed by atoms with E-state index < -0.39 is 0 Å². The Labute approximate surface area is 180 Å². The van der Waals surface area contributed by atoms with Gasteiger partial charge in [0.25, 0.3) is 0 Å². The topological polar surface area (TPSA) is 95.5 Å². The second-order valence-corrected chi connectivity index (χ2v) is 8.71. The normalized spacial score (nSPS) is 19.6. The second kappa shape index (κ2) is 9.50. The first kappa shape index (κ1) is 20.7. The van der Waals surface area contributed by atoms with Crippen LogP contribution in [0, 0.1) is 6.92 Å². The third kappa shape index (κ3) is 5.32. The van der Waals surface area contributed by atoms with Gasteiger partial charge in [-0.3, -0.25) is 9.69 Å². The molecule has 2 N–H and O–H groups in total. The van der Waals surface area contributed by atoms with Crippen LogP contribution >= 0.6 is 11.3 Å². The summed E-state index contributed by atoms with van der Waals surface area (Å²) in [7, 11) is 0. The molecule has 30 heavy (non-hydrogen) atoms. The maximum Gasteiger partial charge on any atom is 0.246 e. The van der Waals surface area contributed by atoms with Gasteiger partial charge in [-0.05, 0) is 19.4 Å². The molecule has 2 fully saturated rings. The first-order chi connectivity index (χ1) is 14.6. The molecule has 0 aliphatic carbocycles. The van der Waals surface area contributed by atoms with E-state index in [9.17, 15) is 4.79 Å². The molecule has 0 spiro atoms. The number of carbonyl (C=O) groups is 1. The number of rotatable bonds is 7. The van der Waals surface area contributed by atoms with Crippen LogP contribution in [0.25, 0.3) is 0 Å². The predicted octanol–water partition coefficient (Wildman–Crippen LogP) is 2.02. The molecule has 0 saturated carbocycles. The maximum absolute atomic E-state index is 11.9. The molecule has 1 amide bonds. The lowest BCUT2D eigenvalue weighted by atomic mass is 10.2. The largest absolute Gasteiger partial charge is 0.379 e. The van der Waals surface area contributed by atoms with Crippen LogP contribution in [-0.4, -0.2) is 76.1 Å². The molecule has 2 saturated heterocycles. The number of aromatic nitrogens is 3. The molecular formula is C20H27N7O2S. The van der Waals surface area contributed by atoms with Gasteiger partial charge in [-0.15, -0.1) is 11.3 Å². The van der Waals surface area contributed by atoms with Gasteiger partial charge in [-0.2, -0.15) is 4.98 Å². The lowest BCUT2D eigenvalue weighted by molar-refractivity contribution is -0.125. The van der Waals surface area contributed by atoms with Gasteiger partial charge >= 0.3 is 0 Å². The van der Waals surface area contributed by atoms with Crippen LogP contribution in [0.1, 0.15) is 17.0 Å². The van der Waals surface area contributed by atoms with Crippen LogP contribution in [0.5, 0.6) is 0 Å². The first-order valence-corrected chi connectivity index (χ1v) is 11.0. The molecular weight excluding hydrogens is 402 g/mol. The van der Waals surface area contributed by atoms with Crippen molar-refractivity contribution in [3.05, 3.63) is 35.5 Å². The Balaban J connectivity index is 1.50. The Hall–Kier alpha value is -2.56. The fourth-order valence-electron chi connectivity index (χ4n) is 3.61. The van der Waals surface area contributed by atoms with E-state index in [4.69, 9.17) is 9.72 Å². The van der Waals surface area contributed by atoms with Crippen molar-refractivity contribution < 1.29 is 9.53 Å². The Bertz CT molecular complexity index is 897. The number of aryl methyl sites for hydroxylation is 1. The van der Waals surface area contributed by atoms with E-state index in [0.29, 0.717) is 24.9 Å². The zero-order chi connectivity index (χ0) is 20.9. The molecule has 10 heteroatoms. The van der Waals surface area contributed by atoms with Crippen molar-refractivity contribution in [3.8, 4) is 0 Å². The Morgan fingerprint density at radius 3 is 2.93 bits per heavy atom. The number of nitrogens with zero attached hydrogens (tertiary/aromatic N) is 5. The number of carbonyl (C=O) groups excluding carboxylic acids is 1. The second-order valence-electron chi connectivity index (χ2n) is 7.48. The average molecular weight is 430 g/mol. The number of nitrogens with one attached hydrogen (secondary N) is 2. The van der Waals surface area contributed by atoms with E-state index in [0.717, 1.165) is 55.0 Å². The number of thiazole rings is 1. The maximum atomic E-state index is 11.9. The molecule has 0 aromatic carbocycles. The number of anilines is 3. The molecule has 0 unspecified atom stereocenters. The SMILES string of the molecule is C=CC(=O)N1CC[C@H](Nc2nc(CN3CCOCC3)cc(Nc3ncc(C)s3)n2)C1. The monoisotopic (exact) mass is 429 g/mol. The fraction of sp³-hybridized carbons (Fsp3) is 0.500. The Morgan fingerprint density at radius 2 is 2.20 bits per heavy atom. The highest BCUT2D eigenvalue weighted by atomic mass is 32.1. The highest BCUT2D eigenvalue weighted by Crippen LogP contribution is 2.23. The fourth-order valence-corrected chi connectivity index (χ4v) is 4.28. The Kier molecular flexibility index (Phi) is 6.56. The van der Waals surface area contributed by atoms with E-state index in [-0.39, 0.29) is 11.9 Å². The van der Waals surface area contributed by atoms with Gasteiger partial charge in [-0.25, -0.2) is 9.97 Å². The summed E-state index contributed by atoms with van der Waals surface area (Å²) >= 11 is 1.59. The van der Waals surface area contributed by atoms with Crippen LogP contribution < -0.4 is 10.6 Å². The summed E-state index contributed by atoms with van der Waals surface area (Å²) in [6, 6.07) is 2.09. The summed E-state index contributed by atoms with van der Waals surface area (Å²) in [5.41, 5.74) is 0.933. The van der Waals surface area contributed by atoms with Crippen molar-refractivity contribution >= 4 is 34.1 Å². The Morgan fingerprint density at radius 1 is 1.37 bits per heavy atom. The molecule has 2 aliphatic heterocycles. The number of ether oxygens (including phenoxy) is 1. The van der Waals surface area contributed by atoms with Crippen molar-refractivity contribution in [1.29, 1.82) is 0 Å². The number of morpholine rings is 1. The van der Waals surface area contributed by atoms with Crippen LogP contribution in [0.3, 0.4) is 0 Å². The molecule has 2 aliphatic rings. The lowest BCUT2D eigenvalue weighted by Gasteiger charge is -2.26. The summed E-state index contributed by atoms with van der Waals surface area (Å²) in [6.07, 6.45) is 4.05. The summed E-state index contributed by atoms with van der Waals surface area (Å²) in [6.45, 7) is 10.9. The molecule has 4 heterocycles. The van der Waals surface area contributed by atoms with Crippen LogP contribution in [0.2, 0.25) is 0 Å². The highest BCUT2D eigenvalue weighted by Gasteiger charge is 2.25. The summed E-state index contributed by atoms with van der Waals surface area (Å²) in [4.78, 5) is 30.9. The molecule has 0 radical (unpaired) electrons. The molecule has 1 atom stereocenters. The standard InChI is InChI=1S/C20H27N7O2S/c1-3-18(28)27-5-4-15(13-27)22-19-23-16(12-26-6-8-29-9-7-26)10-17(24-19)25-20-21-11-14(2)30-20/h3,10-11,15H,1,4-9,12-13H2,2H3,(H2,21,22,23,24,25)/t15-/m0/s1. The predicted molar refractivity (Wildman–Crippen MR) is 117 cm³/mol. The van der Waals surface area contributed by atoms with Crippen LogP contribution in [0.4, 0.5) is 16.9 Å². The third-order valence-electron chi connectivity index (χ3n) is 5.13. The quantitative estimate of drug-likeness (QED) is 0.646. The number of hydrogen-bond acceptors (Lipinski definition) is 9. The summed E-state index contributed by atoms with van der Waals surface area (Å²) in [5, 5.41) is 7.51. The van der Waals surface area contributed by atoms with Crippen molar-refractivity contribution in [1.82, 2.24) is 24.8 Å². The van der Waals surface area contributed by atoms with E-state index >= 15 is 0 Å². The van der Waals surface area contributed by atoms with E-state index in [2.05, 4.69) is 32.1 Å². The average Bonchev–Trinajstić information content (AvgIpc) is 3.37. The van der Waals surface area contributed by atoms with E-state index in [1.807, 2.05) is 19.2 Å². The van der Waals surface area contributed by atoms with Gasteiger partial charge in [0.2, 0.25) is 11.9 Å². The minimum atomic E-state index is -0.0391. The minimum Gasteiger partial charge on any atom is -0.379 e. The first-order valence-electron chi connectivity index (χ1n) is 10.1. The summed E-state index contributed by atoms with van der Waals surface area (Å²) in [5.74, 6) is 1.24. The molecule has 9 nitrogen and oxygen atoms in total. The molecule has 2 aromatic rings. The highest BCUT2D eigenvalue weighted by molar-refractivity contribution is 7.15. The van der Waals surface area contributed by atoms with Gasteiger partial charge in [0.1, 0.15) is 5.82 Å². The van der Waals surface area contributed by atoms with E-state index in [1.165, 1.54) is 6.08 Å². The summed E-state index contributed by atoms with van der Waals surface area (Å²) < 4.78 is 5.45. The van der Waals surface area contributed by atoms with Gasteiger partial charge in [0.15, 0.2) is 5.13 Å². The van der Waals surface area contributed by atoms with Crippen molar-refractivity contribution in [3.63, 3.8) is 0 Å². The van der Waals surface area contributed by atoms with Crippen molar-refractivity contribution in [2.24, 2.45) is 0 Å². The zero-order valence-electron chi connectivity index (χ0n) is 17.1. The van der Waals surface area contributed by atoms with E-state index in [1.54, 1.807) is 16.2 Å². The number of hydrogen-bond donors (Lipinski definition) is 2. The van der Waals surface area contributed by atoms with Gasteiger partial charge in [-0.1, -0.05) is 6.58 Å². The van der Waals surface area contributed by atoms with Crippen LogP contribution in [-0.2, 0) is 16.1 Å². The van der Waals surface area contributed by atoms with Crippen molar-refractivity contribution in [2.45, 2.75) is 25.9 Å². The van der Waals surface area contributed by atoms with Crippen molar-refractivity contribution in [2.75, 3.05) is 50.0 Å². The molecule has 4 rings (SSSR count).